The maximum absolute atomic E-state index is 15.0. The number of nitrogens with zero attached hydrogens (tertiary/aromatic N) is 2. The zero-order valence-corrected chi connectivity index (χ0v) is 21.8. The Balaban J connectivity index is 1.75. The highest BCUT2D eigenvalue weighted by Gasteiger charge is 2.33. The number of aliphatic imine (C=N–C) groups is 1. The highest BCUT2D eigenvalue weighted by molar-refractivity contribution is 7.92. The third-order valence-corrected chi connectivity index (χ3v) is 8.40. The van der Waals surface area contributed by atoms with Gasteiger partial charge in [0.1, 0.15) is 17.5 Å². The van der Waals surface area contributed by atoms with Gasteiger partial charge in [0, 0.05) is 30.6 Å². The molecule has 1 N–H and O–H groups in total. The van der Waals surface area contributed by atoms with E-state index in [9.17, 15) is 17.2 Å². The molecule has 0 radical (unpaired) electrons. The van der Waals surface area contributed by atoms with Gasteiger partial charge in [0.05, 0.1) is 22.5 Å². The first kappa shape index (κ1) is 27.0. The molecular weight excluding hydrogens is 523 g/mol. The molecule has 1 atom stereocenters. The van der Waals surface area contributed by atoms with Crippen LogP contribution < -0.4 is 9.62 Å². The summed E-state index contributed by atoms with van der Waals surface area (Å²) in [6.07, 6.45) is 2.73. The summed E-state index contributed by atoms with van der Waals surface area (Å²) in [6.45, 7) is 3.19. The van der Waals surface area contributed by atoms with E-state index < -0.39 is 39.2 Å². The molecular formula is C27H27ClF3N3O2S. The lowest BCUT2D eigenvalue weighted by atomic mass is 9.96. The molecule has 1 aliphatic rings. The molecule has 1 heterocycles. The molecule has 4 rings (SSSR count). The smallest absolute Gasteiger partial charge is 0.264 e. The number of aryl methyl sites for hydroxylation is 1. The van der Waals surface area contributed by atoms with E-state index in [-0.39, 0.29) is 4.90 Å². The van der Waals surface area contributed by atoms with Gasteiger partial charge in [0.25, 0.3) is 10.0 Å². The summed E-state index contributed by atoms with van der Waals surface area (Å²) in [6, 6.07) is 11.2. The van der Waals surface area contributed by atoms with Crippen molar-refractivity contribution in [3.05, 3.63) is 94.3 Å². The zero-order valence-electron chi connectivity index (χ0n) is 20.2. The molecule has 196 valence electrons. The van der Waals surface area contributed by atoms with Crippen molar-refractivity contribution in [3.63, 3.8) is 0 Å². The highest BCUT2D eigenvalue weighted by atomic mass is 35.5. The molecule has 1 aliphatic heterocycles. The van der Waals surface area contributed by atoms with Gasteiger partial charge in [-0.05, 0) is 85.8 Å². The zero-order chi connectivity index (χ0) is 26.6. The Hall–Kier alpha value is -3.04. The summed E-state index contributed by atoms with van der Waals surface area (Å²) in [5.74, 6) is -1.27. The van der Waals surface area contributed by atoms with E-state index in [1.165, 1.54) is 42.5 Å². The molecule has 0 bridgehead atoms. The van der Waals surface area contributed by atoms with E-state index in [2.05, 4.69) is 10.3 Å². The number of halogens is 4. The van der Waals surface area contributed by atoms with Crippen molar-refractivity contribution >= 4 is 33.1 Å². The standard InChI is InChI=1S/C27H27ClF3N3O2S/c1-18(24-12-8-21(29)16-19(24)4-2-5-27-32-14-3-15-33-27)34(26-17-22(30)9-13-25(26)31)37(35,36)23-10-6-20(28)7-11-23/h6-13,16-18H,2-5,14-15H2,1H3,(H,32,33)/t18-/m1/s1. The molecule has 37 heavy (non-hydrogen) atoms. The van der Waals surface area contributed by atoms with Crippen LogP contribution in [-0.2, 0) is 16.4 Å². The second-order valence-corrected chi connectivity index (χ2v) is 11.1. The van der Waals surface area contributed by atoms with E-state index in [0.717, 1.165) is 47.9 Å². The molecule has 0 fully saturated rings. The number of sulfonamides is 1. The lowest BCUT2D eigenvalue weighted by Crippen LogP contribution is -2.35. The van der Waals surface area contributed by atoms with Gasteiger partial charge in [-0.25, -0.2) is 21.6 Å². The number of hydrogen-bond donors (Lipinski definition) is 1. The maximum Gasteiger partial charge on any atom is 0.264 e. The average molecular weight is 550 g/mol. The molecule has 3 aromatic rings. The van der Waals surface area contributed by atoms with Gasteiger partial charge < -0.3 is 5.32 Å². The van der Waals surface area contributed by atoms with Gasteiger partial charge in [-0.3, -0.25) is 9.30 Å². The van der Waals surface area contributed by atoms with Crippen molar-refractivity contribution in [1.29, 1.82) is 0 Å². The first-order chi connectivity index (χ1) is 17.7. The molecule has 0 unspecified atom stereocenters. The summed E-state index contributed by atoms with van der Waals surface area (Å²) in [5, 5.41) is 3.58. The fourth-order valence-electron chi connectivity index (χ4n) is 4.44. The minimum atomic E-state index is -4.38. The molecule has 0 aromatic heterocycles. The summed E-state index contributed by atoms with van der Waals surface area (Å²) in [7, 11) is -4.38. The van der Waals surface area contributed by atoms with Crippen molar-refractivity contribution in [2.24, 2.45) is 4.99 Å². The normalized spacial score (nSPS) is 14.6. The second-order valence-electron chi connectivity index (χ2n) is 8.83. The predicted molar refractivity (Wildman–Crippen MR) is 140 cm³/mol. The van der Waals surface area contributed by atoms with Gasteiger partial charge in [-0.1, -0.05) is 17.7 Å². The second kappa shape index (κ2) is 11.6. The number of amidine groups is 1. The van der Waals surface area contributed by atoms with E-state index in [0.29, 0.717) is 35.4 Å². The van der Waals surface area contributed by atoms with Crippen LogP contribution in [0.15, 0.2) is 70.6 Å². The van der Waals surface area contributed by atoms with Gasteiger partial charge in [0.2, 0.25) is 0 Å². The summed E-state index contributed by atoms with van der Waals surface area (Å²) in [5.41, 5.74) is 0.622. The Labute approximate surface area is 220 Å². The van der Waals surface area contributed by atoms with Crippen LogP contribution in [0.1, 0.15) is 43.4 Å². The summed E-state index contributed by atoms with van der Waals surface area (Å²) in [4.78, 5) is 4.31. The first-order valence-corrected chi connectivity index (χ1v) is 13.8. The molecule has 0 aliphatic carbocycles. The minimum Gasteiger partial charge on any atom is -0.374 e. The number of hydrogen-bond acceptors (Lipinski definition) is 4. The third kappa shape index (κ3) is 6.27. The Morgan fingerprint density at radius 3 is 2.41 bits per heavy atom. The monoisotopic (exact) mass is 549 g/mol. The van der Waals surface area contributed by atoms with Crippen molar-refractivity contribution < 1.29 is 21.6 Å². The van der Waals surface area contributed by atoms with E-state index in [4.69, 9.17) is 11.6 Å². The Bertz CT molecular complexity index is 1400. The molecule has 0 saturated carbocycles. The first-order valence-electron chi connectivity index (χ1n) is 12.0. The van der Waals surface area contributed by atoms with Crippen LogP contribution in [0, 0.1) is 17.5 Å². The van der Waals surface area contributed by atoms with Gasteiger partial charge in [-0.2, -0.15) is 0 Å². The van der Waals surface area contributed by atoms with Crippen LogP contribution >= 0.6 is 11.6 Å². The average Bonchev–Trinajstić information content (AvgIpc) is 2.87. The van der Waals surface area contributed by atoms with Crippen molar-refractivity contribution in [3.8, 4) is 0 Å². The van der Waals surface area contributed by atoms with E-state index >= 15 is 4.39 Å². The van der Waals surface area contributed by atoms with Crippen molar-refractivity contribution in [2.45, 2.75) is 43.5 Å². The largest absolute Gasteiger partial charge is 0.374 e. The fraction of sp³-hybridized carbons (Fsp3) is 0.296. The molecule has 0 saturated heterocycles. The number of anilines is 1. The van der Waals surface area contributed by atoms with Crippen molar-refractivity contribution in [1.82, 2.24) is 5.32 Å². The van der Waals surface area contributed by atoms with Crippen LogP contribution in [0.3, 0.4) is 0 Å². The molecule has 0 spiro atoms. The van der Waals surface area contributed by atoms with Crippen LogP contribution in [-0.4, -0.2) is 27.3 Å². The number of rotatable bonds is 9. The Morgan fingerprint density at radius 1 is 1.00 bits per heavy atom. The van der Waals surface area contributed by atoms with Crippen LogP contribution in [0.25, 0.3) is 0 Å². The van der Waals surface area contributed by atoms with Crippen LogP contribution in [0.4, 0.5) is 18.9 Å². The molecule has 0 amide bonds. The molecule has 10 heteroatoms. The lowest BCUT2D eigenvalue weighted by molar-refractivity contribution is 0.569. The van der Waals surface area contributed by atoms with Gasteiger partial charge in [0.15, 0.2) is 0 Å². The Kier molecular flexibility index (Phi) is 8.44. The van der Waals surface area contributed by atoms with E-state index in [1.807, 2.05) is 0 Å². The topological polar surface area (TPSA) is 61.8 Å². The number of nitrogens with one attached hydrogen (secondary N) is 1. The predicted octanol–water partition coefficient (Wildman–Crippen LogP) is 6.43. The lowest BCUT2D eigenvalue weighted by Gasteiger charge is -2.32. The quantitative estimate of drug-likeness (QED) is 0.335. The molecule has 3 aromatic carbocycles. The van der Waals surface area contributed by atoms with Crippen molar-refractivity contribution in [2.75, 3.05) is 17.4 Å². The highest BCUT2D eigenvalue weighted by Crippen LogP contribution is 2.37. The van der Waals surface area contributed by atoms with Crippen LogP contribution in [0.2, 0.25) is 5.02 Å². The number of benzene rings is 3. The molecule has 5 nitrogen and oxygen atoms in total. The third-order valence-electron chi connectivity index (χ3n) is 6.25. The Morgan fingerprint density at radius 2 is 1.70 bits per heavy atom. The van der Waals surface area contributed by atoms with E-state index in [1.54, 1.807) is 6.92 Å². The minimum absolute atomic E-state index is 0.141. The fourth-order valence-corrected chi connectivity index (χ4v) is 6.20. The van der Waals surface area contributed by atoms with Gasteiger partial charge in [-0.15, -0.1) is 0 Å². The summed E-state index contributed by atoms with van der Waals surface area (Å²) >= 11 is 5.94. The SMILES string of the molecule is C[C@H](c1ccc(F)cc1CCCC1=NCCCN1)N(c1cc(F)ccc1F)S(=O)(=O)c1ccc(Cl)cc1. The summed E-state index contributed by atoms with van der Waals surface area (Å²) < 4.78 is 72.0. The van der Waals surface area contributed by atoms with Gasteiger partial charge >= 0.3 is 0 Å². The van der Waals surface area contributed by atoms with Crippen LogP contribution in [0.5, 0.6) is 0 Å². The maximum atomic E-state index is 15.0.